The van der Waals surface area contributed by atoms with Crippen LogP contribution in [-0.4, -0.2) is 34.6 Å². The van der Waals surface area contributed by atoms with Crippen molar-refractivity contribution in [2.45, 2.75) is 6.10 Å². The lowest BCUT2D eigenvalue weighted by atomic mass is 10.4. The van der Waals surface area contributed by atoms with Gasteiger partial charge in [0.05, 0.1) is 13.2 Å². The molecular formula is C13H10O3. The minimum Gasteiger partial charge on any atom is -0.393 e. The van der Waals surface area contributed by atoms with Crippen molar-refractivity contribution in [1.82, 2.24) is 0 Å². The maximum absolute atomic E-state index is 8.80. The van der Waals surface area contributed by atoms with Crippen molar-refractivity contribution in [2.24, 2.45) is 0 Å². The molecule has 1 atom stereocenters. The molecule has 0 aromatic rings. The van der Waals surface area contributed by atoms with Crippen LogP contribution in [0.3, 0.4) is 0 Å². The molecule has 0 rings (SSSR count). The molecule has 0 aliphatic heterocycles. The van der Waals surface area contributed by atoms with Crippen molar-refractivity contribution in [2.75, 3.05) is 13.2 Å². The van der Waals surface area contributed by atoms with Gasteiger partial charge >= 0.3 is 0 Å². The summed E-state index contributed by atoms with van der Waals surface area (Å²) in [6, 6.07) is 0. The summed E-state index contributed by atoms with van der Waals surface area (Å²) in [5.41, 5.74) is 0. The Balaban J connectivity index is 4.08. The van der Waals surface area contributed by atoms with Gasteiger partial charge in [-0.05, 0) is 41.6 Å². The minimum absolute atomic E-state index is 0.0509. The van der Waals surface area contributed by atoms with Gasteiger partial charge < -0.3 is 15.3 Å². The molecule has 0 heterocycles. The van der Waals surface area contributed by atoms with E-state index in [0.29, 0.717) is 0 Å². The average molecular weight is 214 g/mol. The van der Waals surface area contributed by atoms with Crippen molar-refractivity contribution in [3.8, 4) is 47.4 Å². The van der Waals surface area contributed by atoms with E-state index in [2.05, 4.69) is 47.4 Å². The number of aliphatic hydroxyl groups is 3. The molecule has 80 valence electrons. The Morgan fingerprint density at radius 3 is 2.19 bits per heavy atom. The van der Waals surface area contributed by atoms with E-state index in [9.17, 15) is 0 Å². The van der Waals surface area contributed by atoms with Crippen LogP contribution >= 0.6 is 0 Å². The van der Waals surface area contributed by atoms with Crippen LogP contribution in [0.5, 0.6) is 0 Å². The van der Waals surface area contributed by atoms with Crippen molar-refractivity contribution in [1.29, 1.82) is 0 Å². The predicted molar refractivity (Wildman–Crippen MR) is 60.4 cm³/mol. The summed E-state index contributed by atoms with van der Waals surface area (Å²) in [5, 5.41) is 25.6. The van der Waals surface area contributed by atoms with E-state index in [1.54, 1.807) is 0 Å². The first-order chi connectivity index (χ1) is 7.81. The first-order valence-electron chi connectivity index (χ1n) is 4.37. The summed E-state index contributed by atoms with van der Waals surface area (Å²) in [4.78, 5) is 0. The van der Waals surface area contributed by atoms with Crippen molar-refractivity contribution in [3.63, 3.8) is 0 Å². The molecule has 0 saturated heterocycles. The number of rotatable bonds is 2. The van der Waals surface area contributed by atoms with Gasteiger partial charge in [-0.15, -0.1) is 0 Å². The van der Waals surface area contributed by atoms with Crippen molar-refractivity contribution in [3.05, 3.63) is 12.2 Å². The smallest absolute Gasteiger partial charge is 0.138 e. The zero-order valence-electron chi connectivity index (χ0n) is 8.49. The van der Waals surface area contributed by atoms with E-state index in [1.165, 1.54) is 12.2 Å². The fraction of sp³-hybridized carbons (Fsp3) is 0.231. The Morgan fingerprint density at radius 1 is 0.938 bits per heavy atom. The van der Waals surface area contributed by atoms with Crippen LogP contribution < -0.4 is 0 Å². The Morgan fingerprint density at radius 2 is 1.56 bits per heavy atom. The van der Waals surface area contributed by atoms with Crippen molar-refractivity contribution < 1.29 is 15.3 Å². The summed E-state index contributed by atoms with van der Waals surface area (Å²) < 4.78 is 0. The molecule has 0 spiro atoms. The van der Waals surface area contributed by atoms with Gasteiger partial charge in [-0.3, -0.25) is 0 Å². The van der Waals surface area contributed by atoms with E-state index in [1.807, 2.05) is 0 Å². The number of hydrogen-bond donors (Lipinski definition) is 3. The zero-order valence-corrected chi connectivity index (χ0v) is 8.49. The third kappa shape index (κ3) is 9.94. The largest absolute Gasteiger partial charge is 0.393 e. The number of aliphatic hydroxyl groups excluding tert-OH is 3. The fourth-order valence-electron chi connectivity index (χ4n) is 0.479. The summed E-state index contributed by atoms with van der Waals surface area (Å²) in [6.45, 7) is -0.465. The predicted octanol–water partition coefficient (Wildman–Crippen LogP) is -1.10. The Labute approximate surface area is 94.8 Å². The quantitative estimate of drug-likeness (QED) is 0.511. The van der Waals surface area contributed by atoms with Crippen LogP contribution in [0.25, 0.3) is 0 Å². The third-order valence-corrected chi connectivity index (χ3v) is 1.10. The highest BCUT2D eigenvalue weighted by atomic mass is 16.3. The second-order valence-electron chi connectivity index (χ2n) is 2.32. The normalized spacial score (nSPS) is 9.44. The lowest BCUT2D eigenvalue weighted by molar-refractivity contribution is 0.138. The first-order valence-corrected chi connectivity index (χ1v) is 4.37. The summed E-state index contributed by atoms with van der Waals surface area (Å²) in [6.07, 6.45) is 1.91. The van der Waals surface area contributed by atoms with Crippen LogP contribution in [-0.2, 0) is 0 Å². The highest BCUT2D eigenvalue weighted by Gasteiger charge is 1.90. The van der Waals surface area contributed by atoms with E-state index in [-0.39, 0.29) is 6.61 Å². The molecule has 16 heavy (non-hydrogen) atoms. The molecule has 0 bridgehead atoms. The van der Waals surface area contributed by atoms with Crippen LogP contribution in [0.4, 0.5) is 0 Å². The monoisotopic (exact) mass is 214 g/mol. The van der Waals surface area contributed by atoms with Gasteiger partial charge in [0.15, 0.2) is 0 Å². The standard InChI is InChI=1S/C13H10O3/c14-11-9-7-5-3-1-2-4-6-8-10-13(16)12-15/h7,9,13-16H,11-12H2. The molecule has 0 aliphatic carbocycles. The molecule has 0 saturated carbocycles. The molecule has 0 fully saturated rings. The first kappa shape index (κ1) is 13.9. The number of allylic oxidation sites excluding steroid dienone is 1. The lowest BCUT2D eigenvalue weighted by Crippen LogP contribution is -2.07. The van der Waals surface area contributed by atoms with Gasteiger partial charge in [0, 0.05) is 0 Å². The molecule has 3 nitrogen and oxygen atoms in total. The second-order valence-corrected chi connectivity index (χ2v) is 2.32. The molecule has 0 radical (unpaired) electrons. The van der Waals surface area contributed by atoms with E-state index < -0.39 is 12.7 Å². The SMILES string of the molecule is OCC=CC#CC#CC#CC#CC(O)CO. The molecule has 3 heteroatoms. The molecule has 0 aromatic heterocycles. The van der Waals surface area contributed by atoms with Gasteiger partial charge in [0.2, 0.25) is 0 Å². The maximum atomic E-state index is 8.80. The summed E-state index contributed by atoms with van der Waals surface area (Å²) in [7, 11) is 0. The molecule has 3 N–H and O–H groups in total. The summed E-state index contributed by atoms with van der Waals surface area (Å²) >= 11 is 0. The molecular weight excluding hydrogens is 204 g/mol. The van der Waals surface area contributed by atoms with E-state index >= 15 is 0 Å². The molecule has 0 aliphatic rings. The average Bonchev–Trinajstić information content (AvgIpc) is 2.31. The topological polar surface area (TPSA) is 60.7 Å². The van der Waals surface area contributed by atoms with Crippen LogP contribution in [0.2, 0.25) is 0 Å². The maximum Gasteiger partial charge on any atom is 0.138 e. The number of hydrogen-bond acceptors (Lipinski definition) is 3. The Bertz CT molecular complexity index is 458. The molecule has 1 unspecified atom stereocenters. The van der Waals surface area contributed by atoms with Crippen LogP contribution in [0.1, 0.15) is 0 Å². The van der Waals surface area contributed by atoms with E-state index in [4.69, 9.17) is 15.3 Å². The van der Waals surface area contributed by atoms with Gasteiger partial charge in [0.1, 0.15) is 6.10 Å². The molecule has 0 aromatic carbocycles. The van der Waals surface area contributed by atoms with Crippen LogP contribution in [0.15, 0.2) is 12.2 Å². The Hall–Kier alpha value is -2.14. The lowest BCUT2D eigenvalue weighted by Gasteiger charge is -1.90. The fourth-order valence-corrected chi connectivity index (χ4v) is 0.479. The molecule has 0 amide bonds. The highest BCUT2D eigenvalue weighted by Crippen LogP contribution is 1.72. The van der Waals surface area contributed by atoms with E-state index in [0.717, 1.165) is 0 Å². The second kappa shape index (κ2) is 10.9. The van der Waals surface area contributed by atoms with Gasteiger partial charge in [0.25, 0.3) is 0 Å². The third-order valence-electron chi connectivity index (χ3n) is 1.10. The van der Waals surface area contributed by atoms with Crippen LogP contribution in [0, 0.1) is 47.4 Å². The van der Waals surface area contributed by atoms with Gasteiger partial charge in [-0.2, -0.15) is 0 Å². The minimum atomic E-state index is -1.06. The summed E-state index contributed by atoms with van der Waals surface area (Å²) in [5.74, 6) is 19.3. The van der Waals surface area contributed by atoms with Gasteiger partial charge in [-0.25, -0.2) is 0 Å². The highest BCUT2D eigenvalue weighted by molar-refractivity contribution is 5.41. The van der Waals surface area contributed by atoms with Gasteiger partial charge in [-0.1, -0.05) is 17.9 Å². The Kier molecular flexibility index (Phi) is 9.47. The zero-order chi connectivity index (χ0) is 12.1. The van der Waals surface area contributed by atoms with Crippen molar-refractivity contribution >= 4 is 0 Å².